The van der Waals surface area contributed by atoms with Crippen LogP contribution in [0.1, 0.15) is 18.5 Å². The Bertz CT molecular complexity index is 524. The lowest BCUT2D eigenvalue weighted by molar-refractivity contribution is -0.112. The van der Waals surface area contributed by atoms with Crippen LogP contribution in [0.2, 0.25) is 0 Å². The molecular formula is C10H15N5O4. The number of nitrogens with two attached hydrogens (primary N) is 2. The normalized spacial score (nSPS) is 18.1. The zero-order valence-corrected chi connectivity index (χ0v) is 10.1. The standard InChI is InChI=1S/C10H15N5O4/c1-5(6-2-3-19-4-6)13-9-7(11)14(17)8(12)10(16)15(9)18/h2-5,13,16-18H,11-12H2,1H3. The molecule has 0 aromatic carbocycles. The van der Waals surface area contributed by atoms with Crippen molar-refractivity contribution in [1.29, 1.82) is 0 Å². The van der Waals surface area contributed by atoms with Crippen LogP contribution in [-0.4, -0.2) is 25.6 Å². The van der Waals surface area contributed by atoms with E-state index in [1.165, 1.54) is 12.5 Å². The van der Waals surface area contributed by atoms with Crippen molar-refractivity contribution in [3.05, 3.63) is 47.5 Å². The van der Waals surface area contributed by atoms with Crippen molar-refractivity contribution < 1.29 is 19.9 Å². The Morgan fingerprint density at radius 2 is 1.95 bits per heavy atom. The molecule has 1 aromatic heterocycles. The Morgan fingerprint density at radius 3 is 2.53 bits per heavy atom. The SMILES string of the molecule is CC(NC1=C(N)N(O)C(N)=C(O)N1O)c1ccoc1. The number of rotatable bonds is 3. The van der Waals surface area contributed by atoms with Crippen molar-refractivity contribution in [1.82, 2.24) is 15.4 Å². The van der Waals surface area contributed by atoms with E-state index in [-0.39, 0.29) is 17.7 Å². The number of hydrogen-bond acceptors (Lipinski definition) is 9. The second-order valence-electron chi connectivity index (χ2n) is 3.99. The topological polar surface area (TPSA) is 144 Å². The second kappa shape index (κ2) is 4.63. The fourth-order valence-electron chi connectivity index (χ4n) is 1.59. The zero-order valence-electron chi connectivity index (χ0n) is 10.1. The average molecular weight is 269 g/mol. The summed E-state index contributed by atoms with van der Waals surface area (Å²) in [5, 5.41) is 32.4. The number of aliphatic hydroxyl groups excluding tert-OH is 1. The van der Waals surface area contributed by atoms with Gasteiger partial charge in [0.25, 0.3) is 5.88 Å². The largest absolute Gasteiger partial charge is 0.490 e. The van der Waals surface area contributed by atoms with Gasteiger partial charge in [0.05, 0.1) is 18.6 Å². The molecule has 1 aliphatic rings. The summed E-state index contributed by atoms with van der Waals surface area (Å²) >= 11 is 0. The van der Waals surface area contributed by atoms with Crippen molar-refractivity contribution in [2.24, 2.45) is 11.5 Å². The Labute approximate surface area is 108 Å². The predicted octanol–water partition coefficient (Wildman–Crippen LogP) is 0.0548. The van der Waals surface area contributed by atoms with E-state index in [1.54, 1.807) is 13.0 Å². The van der Waals surface area contributed by atoms with Gasteiger partial charge in [0.1, 0.15) is 0 Å². The van der Waals surface area contributed by atoms with Gasteiger partial charge in [-0.25, -0.2) is 0 Å². The van der Waals surface area contributed by atoms with Crippen LogP contribution >= 0.6 is 0 Å². The first kappa shape index (κ1) is 12.9. The number of nitrogens with one attached hydrogen (secondary N) is 1. The molecule has 0 spiro atoms. The highest BCUT2D eigenvalue weighted by Gasteiger charge is 2.30. The van der Waals surface area contributed by atoms with Crippen LogP contribution < -0.4 is 16.8 Å². The van der Waals surface area contributed by atoms with Gasteiger partial charge in [-0.1, -0.05) is 0 Å². The molecule has 19 heavy (non-hydrogen) atoms. The van der Waals surface area contributed by atoms with Crippen molar-refractivity contribution in [3.8, 4) is 0 Å². The van der Waals surface area contributed by atoms with Crippen LogP contribution in [0.4, 0.5) is 0 Å². The van der Waals surface area contributed by atoms with Gasteiger partial charge in [-0.15, -0.1) is 0 Å². The molecule has 2 rings (SSSR count). The van der Waals surface area contributed by atoms with Gasteiger partial charge in [-0.2, -0.15) is 10.1 Å². The highest BCUT2D eigenvalue weighted by atomic mass is 16.5. The third-order valence-electron chi connectivity index (χ3n) is 2.74. The molecule has 9 heteroatoms. The smallest absolute Gasteiger partial charge is 0.261 e. The van der Waals surface area contributed by atoms with Crippen molar-refractivity contribution in [2.45, 2.75) is 13.0 Å². The maximum atomic E-state index is 9.73. The van der Waals surface area contributed by atoms with Gasteiger partial charge >= 0.3 is 0 Å². The predicted molar refractivity (Wildman–Crippen MR) is 62.6 cm³/mol. The fourth-order valence-corrected chi connectivity index (χ4v) is 1.59. The first-order chi connectivity index (χ1) is 8.93. The molecule has 8 N–H and O–H groups in total. The summed E-state index contributed by atoms with van der Waals surface area (Å²) in [5.41, 5.74) is 11.7. The molecule has 0 amide bonds. The van der Waals surface area contributed by atoms with E-state index in [0.29, 0.717) is 10.1 Å². The summed E-state index contributed by atoms with van der Waals surface area (Å²) in [5.74, 6) is -1.59. The summed E-state index contributed by atoms with van der Waals surface area (Å²) in [7, 11) is 0. The van der Waals surface area contributed by atoms with E-state index >= 15 is 0 Å². The Kier molecular flexibility index (Phi) is 3.15. The molecule has 2 heterocycles. The molecule has 0 aliphatic carbocycles. The van der Waals surface area contributed by atoms with Gasteiger partial charge in [-0.05, 0) is 13.0 Å². The molecule has 1 atom stereocenters. The van der Waals surface area contributed by atoms with Crippen LogP contribution in [0, 0.1) is 0 Å². The third-order valence-corrected chi connectivity index (χ3v) is 2.74. The van der Waals surface area contributed by atoms with Crippen molar-refractivity contribution in [3.63, 3.8) is 0 Å². The highest BCUT2D eigenvalue weighted by molar-refractivity contribution is 5.22. The number of hydrogen-bond donors (Lipinski definition) is 6. The molecule has 1 aliphatic heterocycles. The highest BCUT2D eigenvalue weighted by Crippen LogP contribution is 2.23. The minimum absolute atomic E-state index is 0.108. The van der Waals surface area contributed by atoms with E-state index in [2.05, 4.69) is 5.32 Å². The summed E-state index contributed by atoms with van der Waals surface area (Å²) in [6.07, 6.45) is 3.01. The van der Waals surface area contributed by atoms with Crippen molar-refractivity contribution >= 4 is 0 Å². The van der Waals surface area contributed by atoms with E-state index in [4.69, 9.17) is 15.9 Å². The van der Waals surface area contributed by atoms with Gasteiger partial charge in [-0.3, -0.25) is 10.4 Å². The van der Waals surface area contributed by atoms with Crippen LogP contribution in [0.25, 0.3) is 0 Å². The minimum Gasteiger partial charge on any atom is -0.490 e. The van der Waals surface area contributed by atoms with Crippen LogP contribution in [0.5, 0.6) is 0 Å². The number of hydroxylamine groups is 4. The quantitative estimate of drug-likeness (QED) is 0.448. The molecule has 0 radical (unpaired) electrons. The second-order valence-corrected chi connectivity index (χ2v) is 3.99. The zero-order chi connectivity index (χ0) is 14.2. The number of furan rings is 1. The molecule has 0 bridgehead atoms. The van der Waals surface area contributed by atoms with E-state index in [9.17, 15) is 15.5 Å². The first-order valence-corrected chi connectivity index (χ1v) is 5.38. The lowest BCUT2D eigenvalue weighted by Gasteiger charge is -2.32. The number of nitrogens with zero attached hydrogens (tertiary/aromatic N) is 2. The molecule has 104 valence electrons. The van der Waals surface area contributed by atoms with Gasteiger partial charge in [0.15, 0.2) is 17.5 Å². The fraction of sp³-hybridized carbons (Fsp3) is 0.200. The van der Waals surface area contributed by atoms with Crippen LogP contribution in [0.15, 0.2) is 46.4 Å². The molecule has 0 fully saturated rings. The lowest BCUT2D eigenvalue weighted by atomic mass is 10.2. The minimum atomic E-state index is -0.737. The lowest BCUT2D eigenvalue weighted by Crippen LogP contribution is -2.45. The maximum absolute atomic E-state index is 9.73. The average Bonchev–Trinajstić information content (AvgIpc) is 2.93. The van der Waals surface area contributed by atoms with Crippen LogP contribution in [0.3, 0.4) is 0 Å². The third kappa shape index (κ3) is 2.11. The molecule has 1 unspecified atom stereocenters. The Morgan fingerprint density at radius 1 is 1.26 bits per heavy atom. The van der Waals surface area contributed by atoms with Crippen molar-refractivity contribution in [2.75, 3.05) is 0 Å². The Balaban J connectivity index is 2.24. The molecule has 0 saturated carbocycles. The summed E-state index contributed by atoms with van der Waals surface area (Å²) < 4.78 is 4.94. The van der Waals surface area contributed by atoms with Gasteiger partial charge in [0.2, 0.25) is 0 Å². The molecule has 1 aromatic rings. The molecular weight excluding hydrogens is 254 g/mol. The van der Waals surface area contributed by atoms with E-state index < -0.39 is 11.7 Å². The van der Waals surface area contributed by atoms with Gasteiger partial charge in [0, 0.05) is 5.56 Å². The monoisotopic (exact) mass is 269 g/mol. The van der Waals surface area contributed by atoms with E-state index in [0.717, 1.165) is 5.56 Å². The summed E-state index contributed by atoms with van der Waals surface area (Å²) in [6, 6.07) is 1.43. The summed E-state index contributed by atoms with van der Waals surface area (Å²) in [6.45, 7) is 1.78. The number of aliphatic hydroxyl groups is 1. The van der Waals surface area contributed by atoms with Gasteiger partial charge < -0.3 is 26.3 Å². The molecule has 0 saturated heterocycles. The summed E-state index contributed by atoms with van der Waals surface area (Å²) in [4.78, 5) is 0. The maximum Gasteiger partial charge on any atom is 0.261 e. The Hall–Kier alpha value is -2.52. The van der Waals surface area contributed by atoms with Crippen LogP contribution in [-0.2, 0) is 0 Å². The first-order valence-electron chi connectivity index (χ1n) is 5.38. The van der Waals surface area contributed by atoms with E-state index in [1.807, 2.05) is 0 Å². The molecule has 9 nitrogen and oxygen atoms in total.